The lowest BCUT2D eigenvalue weighted by Crippen LogP contribution is -2.37. The van der Waals surface area contributed by atoms with Crippen LogP contribution in [-0.4, -0.2) is 52.1 Å². The van der Waals surface area contributed by atoms with Crippen LogP contribution in [0.15, 0.2) is 6.20 Å². The van der Waals surface area contributed by atoms with Gasteiger partial charge in [-0.05, 0) is 51.6 Å². The van der Waals surface area contributed by atoms with Crippen LogP contribution in [0, 0.1) is 0 Å². The van der Waals surface area contributed by atoms with E-state index in [4.69, 9.17) is 0 Å². The fourth-order valence-corrected chi connectivity index (χ4v) is 3.64. The van der Waals surface area contributed by atoms with E-state index in [1.165, 1.54) is 36.9 Å². The molecule has 21 heavy (non-hydrogen) atoms. The van der Waals surface area contributed by atoms with Gasteiger partial charge in [-0.25, -0.2) is 0 Å². The van der Waals surface area contributed by atoms with Crippen LogP contribution in [0.5, 0.6) is 0 Å². The normalized spacial score (nSPS) is 24.2. The van der Waals surface area contributed by atoms with Gasteiger partial charge in [0, 0.05) is 37.4 Å². The van der Waals surface area contributed by atoms with Crippen molar-refractivity contribution in [2.75, 3.05) is 26.2 Å². The molecule has 1 aliphatic heterocycles. The van der Waals surface area contributed by atoms with Gasteiger partial charge in [0.25, 0.3) is 0 Å². The maximum atomic E-state index is 9.52. The second-order valence-corrected chi connectivity index (χ2v) is 6.50. The van der Waals surface area contributed by atoms with Gasteiger partial charge in [-0.1, -0.05) is 0 Å². The molecule has 0 aromatic carbocycles. The molecule has 3 rings (SSSR count). The van der Waals surface area contributed by atoms with Crippen molar-refractivity contribution in [3.05, 3.63) is 17.5 Å². The average Bonchev–Trinajstić information content (AvgIpc) is 2.88. The quantitative estimate of drug-likeness (QED) is 0.802. The Hall–Kier alpha value is -0.910. The molecule has 2 heterocycles. The standard InChI is InChI=1S/C16H28N4O/c1-19-16-5-2-4-15(14(16)12-18-19)17-8-3-9-20-10-6-13(21)7-11-20/h12-13,15,17,21H,2-11H2,1H3. The highest BCUT2D eigenvalue weighted by Gasteiger charge is 2.22. The van der Waals surface area contributed by atoms with Crippen molar-refractivity contribution in [2.45, 2.75) is 50.7 Å². The molecule has 5 heteroatoms. The zero-order valence-corrected chi connectivity index (χ0v) is 13.1. The Morgan fingerprint density at radius 2 is 2.14 bits per heavy atom. The van der Waals surface area contributed by atoms with Gasteiger partial charge in [0.15, 0.2) is 0 Å². The van der Waals surface area contributed by atoms with Gasteiger partial charge < -0.3 is 15.3 Å². The molecule has 1 saturated heterocycles. The van der Waals surface area contributed by atoms with E-state index in [0.717, 1.165) is 39.0 Å². The summed E-state index contributed by atoms with van der Waals surface area (Å²) in [4.78, 5) is 2.48. The Morgan fingerprint density at radius 3 is 2.95 bits per heavy atom. The highest BCUT2D eigenvalue weighted by Crippen LogP contribution is 2.28. The van der Waals surface area contributed by atoms with Gasteiger partial charge >= 0.3 is 0 Å². The highest BCUT2D eigenvalue weighted by molar-refractivity contribution is 5.24. The third-order valence-corrected chi connectivity index (χ3v) is 4.97. The number of likely N-dealkylation sites (tertiary alicyclic amines) is 1. The smallest absolute Gasteiger partial charge is 0.0564 e. The Labute approximate surface area is 127 Å². The van der Waals surface area contributed by atoms with E-state index in [0.29, 0.717) is 6.04 Å². The van der Waals surface area contributed by atoms with Crippen molar-refractivity contribution in [1.29, 1.82) is 0 Å². The van der Waals surface area contributed by atoms with Crippen LogP contribution in [0.4, 0.5) is 0 Å². The largest absolute Gasteiger partial charge is 0.393 e. The number of hydrogen-bond acceptors (Lipinski definition) is 4. The summed E-state index contributed by atoms with van der Waals surface area (Å²) in [6.45, 7) is 4.32. The van der Waals surface area contributed by atoms with E-state index in [9.17, 15) is 5.11 Å². The van der Waals surface area contributed by atoms with E-state index >= 15 is 0 Å². The first kappa shape index (κ1) is 15.0. The molecule has 0 spiro atoms. The molecule has 1 aromatic heterocycles. The van der Waals surface area contributed by atoms with Crippen LogP contribution in [0.25, 0.3) is 0 Å². The maximum Gasteiger partial charge on any atom is 0.0564 e. The molecule has 0 saturated carbocycles. The molecule has 2 aliphatic rings. The first-order valence-electron chi connectivity index (χ1n) is 8.38. The molecule has 1 fully saturated rings. The Kier molecular flexibility index (Phi) is 4.93. The Balaban J connectivity index is 1.40. The maximum absolute atomic E-state index is 9.52. The fourth-order valence-electron chi connectivity index (χ4n) is 3.64. The lowest BCUT2D eigenvalue weighted by molar-refractivity contribution is 0.0820. The summed E-state index contributed by atoms with van der Waals surface area (Å²) in [5.41, 5.74) is 2.81. The number of nitrogens with zero attached hydrogens (tertiary/aromatic N) is 3. The molecule has 1 unspecified atom stereocenters. The second kappa shape index (κ2) is 6.90. The number of hydrogen-bond donors (Lipinski definition) is 2. The van der Waals surface area contributed by atoms with Crippen LogP contribution in [0.1, 0.15) is 49.4 Å². The van der Waals surface area contributed by atoms with E-state index in [1.807, 2.05) is 17.9 Å². The topological polar surface area (TPSA) is 53.3 Å². The highest BCUT2D eigenvalue weighted by atomic mass is 16.3. The summed E-state index contributed by atoms with van der Waals surface area (Å²) in [6.07, 6.45) is 8.69. The van der Waals surface area contributed by atoms with Crippen molar-refractivity contribution in [3.63, 3.8) is 0 Å². The van der Waals surface area contributed by atoms with Gasteiger partial charge in [0.2, 0.25) is 0 Å². The van der Waals surface area contributed by atoms with Crippen LogP contribution in [0.3, 0.4) is 0 Å². The summed E-state index contributed by atoms with van der Waals surface area (Å²) < 4.78 is 2.03. The van der Waals surface area contributed by atoms with Gasteiger partial charge in [-0.3, -0.25) is 4.68 Å². The van der Waals surface area contributed by atoms with Gasteiger partial charge in [0.1, 0.15) is 0 Å². The number of aryl methyl sites for hydroxylation is 1. The number of aliphatic hydroxyl groups is 1. The minimum absolute atomic E-state index is 0.0642. The minimum atomic E-state index is -0.0642. The van der Waals surface area contributed by atoms with E-state index in [2.05, 4.69) is 15.3 Å². The SMILES string of the molecule is Cn1ncc2c1CCCC2NCCCN1CCC(O)CC1. The fraction of sp³-hybridized carbons (Fsp3) is 0.812. The molecule has 1 aromatic rings. The van der Waals surface area contributed by atoms with Crippen molar-refractivity contribution in [1.82, 2.24) is 20.0 Å². The molecule has 5 nitrogen and oxygen atoms in total. The summed E-state index contributed by atoms with van der Waals surface area (Å²) in [5, 5.41) is 17.6. The molecule has 0 bridgehead atoms. The Morgan fingerprint density at radius 1 is 1.33 bits per heavy atom. The third-order valence-electron chi connectivity index (χ3n) is 4.97. The van der Waals surface area contributed by atoms with Crippen LogP contribution < -0.4 is 5.32 Å². The minimum Gasteiger partial charge on any atom is -0.393 e. The summed E-state index contributed by atoms with van der Waals surface area (Å²) in [5.74, 6) is 0. The number of fused-ring (bicyclic) bond motifs is 1. The molecular formula is C16H28N4O. The first-order chi connectivity index (χ1) is 10.2. The van der Waals surface area contributed by atoms with Crippen LogP contribution in [-0.2, 0) is 13.5 Å². The van der Waals surface area contributed by atoms with Gasteiger partial charge in [-0.15, -0.1) is 0 Å². The third kappa shape index (κ3) is 3.65. The molecule has 118 valence electrons. The predicted octanol–water partition coefficient (Wildman–Crippen LogP) is 1.23. The van der Waals surface area contributed by atoms with Crippen LogP contribution in [0.2, 0.25) is 0 Å². The molecule has 1 atom stereocenters. The Bertz CT molecular complexity index is 451. The zero-order chi connectivity index (χ0) is 14.7. The van der Waals surface area contributed by atoms with E-state index in [1.54, 1.807) is 0 Å². The van der Waals surface area contributed by atoms with Crippen molar-refractivity contribution in [3.8, 4) is 0 Å². The van der Waals surface area contributed by atoms with Crippen molar-refractivity contribution in [2.24, 2.45) is 7.05 Å². The molecule has 1 aliphatic carbocycles. The first-order valence-corrected chi connectivity index (χ1v) is 8.38. The van der Waals surface area contributed by atoms with Crippen LogP contribution >= 0.6 is 0 Å². The summed E-state index contributed by atoms with van der Waals surface area (Å²) in [7, 11) is 2.05. The zero-order valence-electron chi connectivity index (χ0n) is 13.1. The lowest BCUT2D eigenvalue weighted by atomic mass is 9.93. The lowest BCUT2D eigenvalue weighted by Gasteiger charge is -2.30. The van der Waals surface area contributed by atoms with Gasteiger partial charge in [-0.2, -0.15) is 5.10 Å². The number of piperidine rings is 1. The van der Waals surface area contributed by atoms with Gasteiger partial charge in [0.05, 0.1) is 12.3 Å². The number of aliphatic hydroxyl groups excluding tert-OH is 1. The summed E-state index contributed by atoms with van der Waals surface area (Å²) in [6, 6.07) is 0.491. The molecule has 0 amide bonds. The molecule has 2 N–H and O–H groups in total. The monoisotopic (exact) mass is 292 g/mol. The molecule has 0 radical (unpaired) electrons. The number of rotatable bonds is 5. The number of nitrogens with one attached hydrogen (secondary N) is 1. The number of aromatic nitrogens is 2. The van der Waals surface area contributed by atoms with Crippen molar-refractivity contribution < 1.29 is 5.11 Å². The van der Waals surface area contributed by atoms with E-state index in [-0.39, 0.29) is 6.10 Å². The average molecular weight is 292 g/mol. The predicted molar refractivity (Wildman–Crippen MR) is 83.2 cm³/mol. The molecular weight excluding hydrogens is 264 g/mol. The van der Waals surface area contributed by atoms with Crippen molar-refractivity contribution >= 4 is 0 Å². The second-order valence-electron chi connectivity index (χ2n) is 6.50. The van der Waals surface area contributed by atoms with E-state index < -0.39 is 0 Å². The summed E-state index contributed by atoms with van der Waals surface area (Å²) >= 11 is 0.